The predicted octanol–water partition coefficient (Wildman–Crippen LogP) is 2.00. The number of benzene rings is 1. The second kappa shape index (κ2) is 5.65. The summed E-state index contributed by atoms with van der Waals surface area (Å²) in [6.07, 6.45) is 0.934. The molecule has 2 unspecified atom stereocenters. The lowest BCUT2D eigenvalue weighted by Crippen LogP contribution is -2.50. The molecule has 1 heterocycles. The van der Waals surface area contributed by atoms with Crippen LogP contribution in [-0.2, 0) is 0 Å². The minimum Gasteiger partial charge on any atom is -0.348 e. The first kappa shape index (κ1) is 13.9. The van der Waals surface area contributed by atoms with Crippen LogP contribution in [0.5, 0.6) is 0 Å². The third kappa shape index (κ3) is 2.92. The van der Waals surface area contributed by atoms with E-state index >= 15 is 0 Å². The predicted molar refractivity (Wildman–Crippen MR) is 69.0 cm³/mol. The summed E-state index contributed by atoms with van der Waals surface area (Å²) < 4.78 is 27.5. The van der Waals surface area contributed by atoms with Crippen LogP contribution >= 0.6 is 0 Å². The van der Waals surface area contributed by atoms with Crippen LogP contribution < -0.4 is 10.6 Å². The first-order chi connectivity index (χ1) is 9.00. The molecule has 0 bridgehead atoms. The topological polar surface area (TPSA) is 41.1 Å². The van der Waals surface area contributed by atoms with Gasteiger partial charge in [0.05, 0.1) is 0 Å². The van der Waals surface area contributed by atoms with Gasteiger partial charge in [0, 0.05) is 12.6 Å². The number of hydrogen-bond acceptors (Lipinski definition) is 2. The van der Waals surface area contributed by atoms with Crippen molar-refractivity contribution in [1.29, 1.82) is 0 Å². The van der Waals surface area contributed by atoms with Crippen LogP contribution in [0.3, 0.4) is 0 Å². The van der Waals surface area contributed by atoms with Crippen LogP contribution in [0.2, 0.25) is 0 Å². The second-order valence-corrected chi connectivity index (χ2v) is 5.10. The molecule has 1 amide bonds. The number of halogens is 2. The van der Waals surface area contributed by atoms with Crippen molar-refractivity contribution in [3.05, 3.63) is 34.9 Å². The maximum absolute atomic E-state index is 13.8. The Bertz CT molecular complexity index is 491. The van der Waals surface area contributed by atoms with Gasteiger partial charge in [0.25, 0.3) is 5.91 Å². The molecule has 104 valence electrons. The van der Waals surface area contributed by atoms with Gasteiger partial charge in [-0.15, -0.1) is 0 Å². The van der Waals surface area contributed by atoms with Crippen molar-refractivity contribution in [2.24, 2.45) is 5.92 Å². The molecule has 2 rings (SSSR count). The first-order valence-electron chi connectivity index (χ1n) is 6.47. The fourth-order valence-electron chi connectivity index (χ4n) is 2.29. The van der Waals surface area contributed by atoms with Gasteiger partial charge in [-0.1, -0.05) is 13.0 Å². The highest BCUT2D eigenvalue weighted by Gasteiger charge is 2.26. The zero-order valence-corrected chi connectivity index (χ0v) is 11.1. The molecule has 1 saturated heterocycles. The molecule has 0 spiro atoms. The lowest BCUT2D eigenvalue weighted by atomic mass is 9.94. The Labute approximate surface area is 111 Å². The molecular weight excluding hydrogens is 250 g/mol. The van der Waals surface area contributed by atoms with Crippen molar-refractivity contribution >= 4 is 5.91 Å². The summed E-state index contributed by atoms with van der Waals surface area (Å²) in [4.78, 5) is 12.0. The van der Waals surface area contributed by atoms with Crippen molar-refractivity contribution in [1.82, 2.24) is 10.6 Å². The van der Waals surface area contributed by atoms with Crippen LogP contribution in [-0.4, -0.2) is 25.0 Å². The van der Waals surface area contributed by atoms with Crippen molar-refractivity contribution in [2.45, 2.75) is 26.3 Å². The standard InChI is InChI=1S/C14H18F2N2O/c1-8-5-6-17-7-11(8)18-14(19)12-10(15)4-3-9(2)13(12)16/h3-4,8,11,17H,5-7H2,1-2H3,(H,18,19). The molecule has 2 N–H and O–H groups in total. The third-order valence-corrected chi connectivity index (χ3v) is 3.66. The van der Waals surface area contributed by atoms with Crippen LogP contribution in [0.15, 0.2) is 12.1 Å². The summed E-state index contributed by atoms with van der Waals surface area (Å²) in [5.41, 5.74) is -0.223. The van der Waals surface area contributed by atoms with Crippen molar-refractivity contribution in [2.75, 3.05) is 13.1 Å². The molecular formula is C14H18F2N2O. The number of rotatable bonds is 2. The highest BCUT2D eigenvalue weighted by atomic mass is 19.1. The molecule has 1 aliphatic heterocycles. The first-order valence-corrected chi connectivity index (χ1v) is 6.47. The summed E-state index contributed by atoms with van der Waals surface area (Å²) >= 11 is 0. The van der Waals surface area contributed by atoms with E-state index < -0.39 is 23.1 Å². The largest absolute Gasteiger partial charge is 0.348 e. The van der Waals surface area contributed by atoms with Crippen LogP contribution in [0.25, 0.3) is 0 Å². The average molecular weight is 268 g/mol. The van der Waals surface area contributed by atoms with E-state index in [0.717, 1.165) is 19.0 Å². The van der Waals surface area contributed by atoms with E-state index in [1.165, 1.54) is 13.0 Å². The molecule has 1 aliphatic rings. The summed E-state index contributed by atoms with van der Waals surface area (Å²) in [6.45, 7) is 5.06. The number of amides is 1. The molecule has 0 saturated carbocycles. The van der Waals surface area contributed by atoms with Crippen LogP contribution in [0, 0.1) is 24.5 Å². The van der Waals surface area contributed by atoms with E-state index in [-0.39, 0.29) is 11.6 Å². The van der Waals surface area contributed by atoms with E-state index in [1.54, 1.807) is 0 Å². The number of carbonyl (C=O) groups is 1. The Morgan fingerprint density at radius 3 is 2.84 bits per heavy atom. The Morgan fingerprint density at radius 1 is 1.42 bits per heavy atom. The van der Waals surface area contributed by atoms with Gasteiger partial charge in [-0.05, 0) is 37.4 Å². The third-order valence-electron chi connectivity index (χ3n) is 3.66. The Kier molecular flexibility index (Phi) is 4.14. The van der Waals surface area contributed by atoms with Gasteiger partial charge >= 0.3 is 0 Å². The van der Waals surface area contributed by atoms with Gasteiger partial charge in [-0.25, -0.2) is 8.78 Å². The fraction of sp³-hybridized carbons (Fsp3) is 0.500. The number of piperidine rings is 1. The SMILES string of the molecule is Cc1ccc(F)c(C(=O)NC2CNCCC2C)c1F. The molecule has 0 aromatic heterocycles. The summed E-state index contributed by atoms with van der Waals surface area (Å²) in [6, 6.07) is 2.35. The molecule has 5 heteroatoms. The lowest BCUT2D eigenvalue weighted by Gasteiger charge is -2.30. The molecule has 19 heavy (non-hydrogen) atoms. The monoisotopic (exact) mass is 268 g/mol. The summed E-state index contributed by atoms with van der Waals surface area (Å²) in [7, 11) is 0. The Morgan fingerprint density at radius 2 is 2.16 bits per heavy atom. The fourth-order valence-corrected chi connectivity index (χ4v) is 2.29. The number of carbonyl (C=O) groups excluding carboxylic acids is 1. The molecule has 1 aromatic carbocycles. The van der Waals surface area contributed by atoms with E-state index in [4.69, 9.17) is 0 Å². The molecule has 0 radical (unpaired) electrons. The summed E-state index contributed by atoms with van der Waals surface area (Å²) in [5.74, 6) is -1.99. The van der Waals surface area contributed by atoms with Gasteiger partial charge in [-0.2, -0.15) is 0 Å². The quantitative estimate of drug-likeness (QED) is 0.861. The van der Waals surface area contributed by atoms with Crippen molar-refractivity contribution in [3.63, 3.8) is 0 Å². The minimum absolute atomic E-state index is 0.0967. The Hall–Kier alpha value is -1.49. The van der Waals surface area contributed by atoms with Crippen molar-refractivity contribution in [3.8, 4) is 0 Å². The van der Waals surface area contributed by atoms with E-state index in [0.29, 0.717) is 12.5 Å². The zero-order valence-electron chi connectivity index (χ0n) is 11.1. The molecule has 1 aromatic rings. The minimum atomic E-state index is -0.822. The number of aryl methyl sites for hydroxylation is 1. The number of hydrogen-bond donors (Lipinski definition) is 2. The Balaban J connectivity index is 2.18. The van der Waals surface area contributed by atoms with E-state index in [9.17, 15) is 13.6 Å². The van der Waals surface area contributed by atoms with E-state index in [1.807, 2.05) is 6.92 Å². The van der Waals surface area contributed by atoms with Crippen LogP contribution in [0.1, 0.15) is 29.3 Å². The smallest absolute Gasteiger partial charge is 0.257 e. The lowest BCUT2D eigenvalue weighted by molar-refractivity contribution is 0.0906. The van der Waals surface area contributed by atoms with Gasteiger partial charge in [0.1, 0.15) is 17.2 Å². The molecule has 3 nitrogen and oxygen atoms in total. The normalized spacial score (nSPS) is 23.2. The van der Waals surface area contributed by atoms with Gasteiger partial charge in [0.15, 0.2) is 0 Å². The summed E-state index contributed by atoms with van der Waals surface area (Å²) in [5, 5.41) is 5.87. The molecule has 1 fully saturated rings. The second-order valence-electron chi connectivity index (χ2n) is 5.10. The van der Waals surface area contributed by atoms with Crippen LogP contribution in [0.4, 0.5) is 8.78 Å². The average Bonchev–Trinajstić information content (AvgIpc) is 2.37. The number of nitrogens with one attached hydrogen (secondary N) is 2. The van der Waals surface area contributed by atoms with E-state index in [2.05, 4.69) is 10.6 Å². The maximum Gasteiger partial charge on any atom is 0.257 e. The molecule has 0 aliphatic carbocycles. The molecule has 2 atom stereocenters. The van der Waals surface area contributed by atoms with Gasteiger partial charge in [0.2, 0.25) is 0 Å². The highest BCUT2D eigenvalue weighted by molar-refractivity contribution is 5.95. The zero-order chi connectivity index (χ0) is 14.0. The van der Waals surface area contributed by atoms with Crippen molar-refractivity contribution < 1.29 is 13.6 Å². The maximum atomic E-state index is 13.8. The highest BCUT2D eigenvalue weighted by Crippen LogP contribution is 2.18. The van der Waals surface area contributed by atoms with Gasteiger partial charge < -0.3 is 10.6 Å². The van der Waals surface area contributed by atoms with Gasteiger partial charge in [-0.3, -0.25) is 4.79 Å².